The van der Waals surface area contributed by atoms with Crippen LogP contribution in [0.5, 0.6) is 5.75 Å². The topological polar surface area (TPSA) is 21.3 Å². The van der Waals surface area contributed by atoms with Crippen molar-refractivity contribution in [3.05, 3.63) is 47.6 Å². The van der Waals surface area contributed by atoms with Crippen LogP contribution in [0.4, 0.5) is 0 Å². The molecule has 1 aliphatic heterocycles. The summed E-state index contributed by atoms with van der Waals surface area (Å²) in [6, 6.07) is 8.06. The molecule has 1 heterocycles. The van der Waals surface area contributed by atoms with Crippen molar-refractivity contribution in [1.82, 2.24) is 5.32 Å². The Balaban J connectivity index is 2.13. The molecule has 2 heteroatoms. The number of methoxy groups -OCH3 is 1. The predicted molar refractivity (Wildman–Crippen MR) is 67.6 cm³/mol. The lowest BCUT2D eigenvalue weighted by molar-refractivity contribution is 0.414. The van der Waals surface area contributed by atoms with Crippen LogP contribution in [0, 0.1) is 0 Å². The normalized spacial score (nSPS) is 16.2. The van der Waals surface area contributed by atoms with Gasteiger partial charge in [-0.1, -0.05) is 36.4 Å². The predicted octanol–water partition coefficient (Wildman–Crippen LogP) is 2.63. The fraction of sp³-hybridized carbons (Fsp3) is 0.286. The van der Waals surface area contributed by atoms with E-state index in [4.69, 9.17) is 4.74 Å². The number of allylic oxidation sites excluding steroid dienone is 1. The van der Waals surface area contributed by atoms with Gasteiger partial charge in [-0.25, -0.2) is 0 Å². The number of hydrogen-bond donors (Lipinski definition) is 1. The quantitative estimate of drug-likeness (QED) is 0.837. The summed E-state index contributed by atoms with van der Waals surface area (Å²) in [6.07, 6.45) is 7.63. The van der Waals surface area contributed by atoms with Gasteiger partial charge in [-0.05, 0) is 24.6 Å². The van der Waals surface area contributed by atoms with Crippen molar-refractivity contribution in [2.45, 2.75) is 6.42 Å². The van der Waals surface area contributed by atoms with E-state index in [-0.39, 0.29) is 0 Å². The summed E-state index contributed by atoms with van der Waals surface area (Å²) in [7, 11) is 1.70. The van der Waals surface area contributed by atoms with Crippen LogP contribution >= 0.6 is 0 Å². The first-order valence-corrected chi connectivity index (χ1v) is 5.61. The number of nitrogens with one attached hydrogen (secondary N) is 1. The van der Waals surface area contributed by atoms with Crippen LogP contribution < -0.4 is 10.1 Å². The third kappa shape index (κ3) is 2.74. The van der Waals surface area contributed by atoms with E-state index in [9.17, 15) is 0 Å². The van der Waals surface area contributed by atoms with Crippen molar-refractivity contribution < 1.29 is 4.74 Å². The Morgan fingerprint density at radius 1 is 1.25 bits per heavy atom. The van der Waals surface area contributed by atoms with E-state index in [2.05, 4.69) is 29.6 Å². The average Bonchev–Trinajstić information content (AvgIpc) is 2.38. The Labute approximate surface area is 96.6 Å². The van der Waals surface area contributed by atoms with Crippen molar-refractivity contribution >= 4 is 6.08 Å². The first-order valence-electron chi connectivity index (χ1n) is 5.61. The molecule has 0 aliphatic carbocycles. The third-order valence-corrected chi connectivity index (χ3v) is 2.71. The van der Waals surface area contributed by atoms with Crippen molar-refractivity contribution in [2.24, 2.45) is 0 Å². The molecular weight excluding hydrogens is 198 g/mol. The highest BCUT2D eigenvalue weighted by molar-refractivity contribution is 5.59. The summed E-state index contributed by atoms with van der Waals surface area (Å²) in [5, 5.41) is 3.30. The van der Waals surface area contributed by atoms with Crippen LogP contribution in [0.25, 0.3) is 6.08 Å². The first-order chi connectivity index (χ1) is 7.90. The zero-order valence-corrected chi connectivity index (χ0v) is 9.57. The Morgan fingerprint density at radius 3 is 2.88 bits per heavy atom. The molecule has 1 aliphatic rings. The second-order valence-electron chi connectivity index (χ2n) is 3.81. The second kappa shape index (κ2) is 5.52. The average molecular weight is 215 g/mol. The number of ether oxygens (including phenoxy) is 1. The molecule has 0 unspecified atom stereocenters. The van der Waals surface area contributed by atoms with Gasteiger partial charge in [-0.3, -0.25) is 0 Å². The van der Waals surface area contributed by atoms with Crippen LogP contribution in [0.2, 0.25) is 0 Å². The second-order valence-corrected chi connectivity index (χ2v) is 3.81. The number of para-hydroxylation sites is 1. The van der Waals surface area contributed by atoms with E-state index in [1.165, 1.54) is 5.57 Å². The Kier molecular flexibility index (Phi) is 3.78. The van der Waals surface area contributed by atoms with E-state index in [0.29, 0.717) is 0 Å². The minimum atomic E-state index is 0.924. The lowest BCUT2D eigenvalue weighted by Gasteiger charge is -2.10. The summed E-state index contributed by atoms with van der Waals surface area (Å²) in [5.41, 5.74) is 2.52. The van der Waals surface area contributed by atoms with Gasteiger partial charge in [0.1, 0.15) is 5.75 Å². The van der Waals surface area contributed by atoms with Gasteiger partial charge in [0.05, 0.1) is 7.11 Å². The van der Waals surface area contributed by atoms with Gasteiger partial charge < -0.3 is 10.1 Å². The monoisotopic (exact) mass is 215 g/mol. The molecule has 0 saturated carbocycles. The van der Waals surface area contributed by atoms with Crippen molar-refractivity contribution in [3.63, 3.8) is 0 Å². The zero-order chi connectivity index (χ0) is 11.2. The Morgan fingerprint density at radius 2 is 2.12 bits per heavy atom. The molecule has 0 bridgehead atoms. The van der Waals surface area contributed by atoms with Gasteiger partial charge in [0.25, 0.3) is 0 Å². The van der Waals surface area contributed by atoms with Crippen molar-refractivity contribution in [3.8, 4) is 5.75 Å². The van der Waals surface area contributed by atoms with Gasteiger partial charge in [-0.15, -0.1) is 0 Å². The minimum absolute atomic E-state index is 0.924. The smallest absolute Gasteiger partial charge is 0.126 e. The summed E-state index contributed by atoms with van der Waals surface area (Å²) >= 11 is 0. The molecule has 2 nitrogen and oxygen atoms in total. The highest BCUT2D eigenvalue weighted by atomic mass is 16.5. The number of benzene rings is 1. The molecule has 0 spiro atoms. The van der Waals surface area contributed by atoms with E-state index < -0.39 is 0 Å². The van der Waals surface area contributed by atoms with Crippen molar-refractivity contribution in [1.29, 1.82) is 0 Å². The minimum Gasteiger partial charge on any atom is -0.496 e. The first kappa shape index (κ1) is 11.0. The summed E-state index contributed by atoms with van der Waals surface area (Å²) in [6.45, 7) is 2.05. The number of rotatable bonds is 3. The molecule has 1 aromatic rings. The zero-order valence-electron chi connectivity index (χ0n) is 9.57. The molecule has 0 saturated heterocycles. The SMILES string of the molecule is COc1ccccc1/C=C/C1=CCNCC1. The highest BCUT2D eigenvalue weighted by Gasteiger charge is 2.00. The van der Waals surface area contributed by atoms with Gasteiger partial charge in [0.2, 0.25) is 0 Å². The van der Waals surface area contributed by atoms with Gasteiger partial charge in [0.15, 0.2) is 0 Å². The molecule has 1 N–H and O–H groups in total. The fourth-order valence-electron chi connectivity index (χ4n) is 1.79. The maximum atomic E-state index is 5.30. The van der Waals surface area contributed by atoms with E-state index in [0.717, 1.165) is 30.8 Å². The van der Waals surface area contributed by atoms with E-state index in [1.54, 1.807) is 7.11 Å². The third-order valence-electron chi connectivity index (χ3n) is 2.71. The van der Waals surface area contributed by atoms with Gasteiger partial charge in [-0.2, -0.15) is 0 Å². The lowest BCUT2D eigenvalue weighted by atomic mass is 10.1. The Hall–Kier alpha value is -1.54. The lowest BCUT2D eigenvalue weighted by Crippen LogP contribution is -2.19. The standard InChI is InChI=1S/C14H17NO/c1-16-14-5-3-2-4-13(14)7-6-12-8-10-15-11-9-12/h2-8,15H,9-11H2,1H3/b7-6+. The highest BCUT2D eigenvalue weighted by Crippen LogP contribution is 2.20. The summed E-state index contributed by atoms with van der Waals surface area (Å²) < 4.78 is 5.30. The van der Waals surface area contributed by atoms with Crippen LogP contribution in [0.3, 0.4) is 0 Å². The molecule has 0 aromatic heterocycles. The largest absolute Gasteiger partial charge is 0.496 e. The van der Waals surface area contributed by atoms with Crippen LogP contribution in [0.1, 0.15) is 12.0 Å². The van der Waals surface area contributed by atoms with Crippen LogP contribution in [0.15, 0.2) is 42.0 Å². The maximum Gasteiger partial charge on any atom is 0.126 e. The Bertz CT molecular complexity index is 407. The van der Waals surface area contributed by atoms with Crippen LogP contribution in [-0.2, 0) is 0 Å². The molecule has 0 radical (unpaired) electrons. The van der Waals surface area contributed by atoms with Crippen LogP contribution in [-0.4, -0.2) is 20.2 Å². The fourth-order valence-corrected chi connectivity index (χ4v) is 1.79. The maximum absolute atomic E-state index is 5.30. The molecule has 16 heavy (non-hydrogen) atoms. The van der Waals surface area contributed by atoms with E-state index in [1.807, 2.05) is 18.2 Å². The molecular formula is C14H17NO. The molecule has 2 rings (SSSR count). The summed E-state index contributed by atoms with van der Waals surface area (Å²) in [4.78, 5) is 0. The molecule has 1 aromatic carbocycles. The molecule has 0 fully saturated rings. The van der Waals surface area contributed by atoms with E-state index >= 15 is 0 Å². The van der Waals surface area contributed by atoms with Gasteiger partial charge >= 0.3 is 0 Å². The summed E-state index contributed by atoms with van der Waals surface area (Å²) in [5.74, 6) is 0.924. The number of hydrogen-bond acceptors (Lipinski definition) is 2. The molecule has 0 atom stereocenters. The molecule has 84 valence electrons. The molecule has 0 amide bonds. The van der Waals surface area contributed by atoms with Crippen molar-refractivity contribution in [2.75, 3.05) is 20.2 Å². The van der Waals surface area contributed by atoms with Gasteiger partial charge in [0, 0.05) is 12.1 Å².